The molecule has 0 radical (unpaired) electrons. The van der Waals surface area contributed by atoms with E-state index >= 15 is 0 Å². The molecule has 1 atom stereocenters. The Hall–Kier alpha value is -2.79. The van der Waals surface area contributed by atoms with E-state index in [0.717, 1.165) is 12.8 Å². The van der Waals surface area contributed by atoms with Crippen LogP contribution in [0, 0.1) is 5.92 Å². The van der Waals surface area contributed by atoms with Gasteiger partial charge >= 0.3 is 5.69 Å². The molecule has 28 heavy (non-hydrogen) atoms. The number of methoxy groups -OCH3 is 1. The topological polar surface area (TPSA) is 128 Å². The molecule has 150 valence electrons. The maximum Gasteiger partial charge on any atom is 0.327 e. The van der Waals surface area contributed by atoms with E-state index in [-0.39, 0.29) is 10.6 Å². The van der Waals surface area contributed by atoms with Crippen LogP contribution in [-0.4, -0.2) is 45.4 Å². The number of aromatic nitrogens is 2. The molecule has 1 unspecified atom stereocenters. The number of fused-ring (bicyclic) bond motifs is 1. The number of benzene rings is 1. The number of nitrogens with zero attached hydrogens (tertiary/aromatic N) is 2. The van der Waals surface area contributed by atoms with Gasteiger partial charge in [0.15, 0.2) is 6.29 Å². The summed E-state index contributed by atoms with van der Waals surface area (Å²) in [5.74, 6) is 1.27. The molecule has 11 heteroatoms. The van der Waals surface area contributed by atoms with Crippen molar-refractivity contribution in [2.45, 2.75) is 24.0 Å². The molecule has 2 aromatic rings. The molecule has 0 saturated heterocycles. The molecule has 2 aliphatic rings. The number of nitrogens with one attached hydrogen (secondary N) is 3. The number of rotatable bonds is 6. The van der Waals surface area contributed by atoms with Crippen LogP contribution < -0.4 is 30.5 Å². The van der Waals surface area contributed by atoms with Crippen LogP contribution in [0.25, 0.3) is 0 Å². The van der Waals surface area contributed by atoms with Crippen molar-refractivity contribution in [2.24, 2.45) is 5.92 Å². The lowest BCUT2D eigenvalue weighted by Crippen LogP contribution is -2.54. The quantitative estimate of drug-likeness (QED) is 0.615. The molecule has 1 saturated carbocycles. The van der Waals surface area contributed by atoms with Crippen molar-refractivity contribution >= 4 is 21.5 Å². The first-order valence-electron chi connectivity index (χ1n) is 8.82. The second-order valence-corrected chi connectivity index (χ2v) is 8.70. The van der Waals surface area contributed by atoms with Gasteiger partial charge in [-0.05, 0) is 43.0 Å². The number of ether oxygens (including phenoxy) is 1. The summed E-state index contributed by atoms with van der Waals surface area (Å²) in [4.78, 5) is 32.2. The molecule has 2 heterocycles. The third kappa shape index (κ3) is 3.27. The Kier molecular flexibility index (Phi) is 4.42. The molecule has 3 N–H and O–H groups in total. The van der Waals surface area contributed by atoms with Gasteiger partial charge in [-0.3, -0.25) is 14.8 Å². The van der Waals surface area contributed by atoms with Crippen molar-refractivity contribution in [2.75, 3.05) is 30.5 Å². The van der Waals surface area contributed by atoms with Crippen LogP contribution in [-0.2, 0) is 10.0 Å². The lowest BCUT2D eigenvalue weighted by atomic mass is 10.3. The van der Waals surface area contributed by atoms with Gasteiger partial charge < -0.3 is 14.5 Å². The molecule has 0 bridgehead atoms. The predicted molar refractivity (Wildman–Crippen MR) is 103 cm³/mol. The van der Waals surface area contributed by atoms with Crippen LogP contribution in [0.2, 0.25) is 0 Å². The summed E-state index contributed by atoms with van der Waals surface area (Å²) in [5, 5.41) is 0. The zero-order valence-electron chi connectivity index (χ0n) is 15.4. The number of hydrogen-bond donors (Lipinski definition) is 3. The molecule has 1 aliphatic carbocycles. The zero-order chi connectivity index (χ0) is 20.1. The van der Waals surface area contributed by atoms with E-state index in [2.05, 4.69) is 14.7 Å². The monoisotopic (exact) mass is 407 g/mol. The zero-order valence-corrected chi connectivity index (χ0v) is 16.2. The summed E-state index contributed by atoms with van der Waals surface area (Å²) in [6, 6.07) is 6.02. The summed E-state index contributed by atoms with van der Waals surface area (Å²) in [6.45, 7) is 0.534. The van der Waals surface area contributed by atoms with E-state index in [1.54, 1.807) is 24.1 Å². The summed E-state index contributed by atoms with van der Waals surface area (Å²) in [5.41, 5.74) is -0.965. The molecule has 10 nitrogen and oxygen atoms in total. The maximum absolute atomic E-state index is 12.9. The molecule has 1 aliphatic heterocycles. The van der Waals surface area contributed by atoms with E-state index in [4.69, 9.17) is 4.74 Å². The number of sulfonamides is 1. The molecule has 1 aromatic heterocycles. The minimum Gasteiger partial charge on any atom is -0.497 e. The second-order valence-electron chi connectivity index (χ2n) is 6.98. The fourth-order valence-electron chi connectivity index (χ4n) is 3.33. The van der Waals surface area contributed by atoms with Crippen molar-refractivity contribution in [3.8, 4) is 5.75 Å². The van der Waals surface area contributed by atoms with Crippen molar-refractivity contribution in [1.29, 1.82) is 0 Å². The Morgan fingerprint density at radius 2 is 1.86 bits per heavy atom. The SMILES string of the molecule is COc1ccc(S(=O)(=O)NC2N(C)c3c([nH]c(=O)[nH]c3=O)N2CC2CC2)cc1. The van der Waals surface area contributed by atoms with E-state index in [0.29, 0.717) is 24.0 Å². The van der Waals surface area contributed by atoms with Crippen LogP contribution in [0.15, 0.2) is 38.8 Å². The lowest BCUT2D eigenvalue weighted by Gasteiger charge is -2.30. The van der Waals surface area contributed by atoms with Crippen molar-refractivity contribution in [3.05, 3.63) is 45.1 Å². The summed E-state index contributed by atoms with van der Waals surface area (Å²) in [7, 11) is -0.772. The molecule has 1 fully saturated rings. The van der Waals surface area contributed by atoms with E-state index in [9.17, 15) is 18.0 Å². The Bertz CT molecular complexity index is 1100. The third-order valence-electron chi connectivity index (χ3n) is 4.98. The molecule has 0 spiro atoms. The van der Waals surface area contributed by atoms with Crippen LogP contribution in [0.3, 0.4) is 0 Å². The number of aromatic amines is 2. The van der Waals surface area contributed by atoms with Crippen LogP contribution in [0.1, 0.15) is 12.8 Å². The van der Waals surface area contributed by atoms with Gasteiger partial charge in [-0.2, -0.15) is 4.72 Å². The normalized spacial score (nSPS) is 19.0. The Morgan fingerprint density at radius 3 is 2.46 bits per heavy atom. The first-order chi connectivity index (χ1) is 13.3. The molecular weight excluding hydrogens is 386 g/mol. The van der Waals surface area contributed by atoms with Crippen LogP contribution in [0.4, 0.5) is 11.5 Å². The van der Waals surface area contributed by atoms with Gasteiger partial charge in [-0.25, -0.2) is 13.2 Å². The summed E-state index contributed by atoms with van der Waals surface area (Å²) < 4.78 is 33.5. The minimum atomic E-state index is -3.88. The Balaban J connectivity index is 1.70. The van der Waals surface area contributed by atoms with Gasteiger partial charge in [0.05, 0.1) is 12.0 Å². The van der Waals surface area contributed by atoms with Crippen LogP contribution >= 0.6 is 0 Å². The highest BCUT2D eigenvalue weighted by Crippen LogP contribution is 2.38. The number of anilines is 2. The first kappa shape index (κ1) is 18.6. The largest absolute Gasteiger partial charge is 0.497 e. The van der Waals surface area contributed by atoms with E-state index < -0.39 is 27.6 Å². The van der Waals surface area contributed by atoms with Gasteiger partial charge in [0.1, 0.15) is 17.3 Å². The number of H-pyrrole nitrogens is 2. The minimum absolute atomic E-state index is 0.0754. The average molecular weight is 407 g/mol. The fraction of sp³-hybridized carbons (Fsp3) is 0.412. The fourth-order valence-corrected chi connectivity index (χ4v) is 4.52. The van der Waals surface area contributed by atoms with E-state index in [1.807, 2.05) is 0 Å². The molecule has 0 amide bonds. The van der Waals surface area contributed by atoms with Crippen molar-refractivity contribution < 1.29 is 13.2 Å². The molecule has 4 rings (SSSR count). The lowest BCUT2D eigenvalue weighted by molar-refractivity contribution is 0.414. The molecular formula is C17H21N5O5S. The predicted octanol–water partition coefficient (Wildman–Crippen LogP) is 0.000100. The van der Waals surface area contributed by atoms with Crippen molar-refractivity contribution in [3.63, 3.8) is 0 Å². The van der Waals surface area contributed by atoms with E-state index in [1.165, 1.54) is 24.1 Å². The highest BCUT2D eigenvalue weighted by molar-refractivity contribution is 7.89. The first-order valence-corrected chi connectivity index (χ1v) is 10.3. The molecule has 1 aromatic carbocycles. The van der Waals surface area contributed by atoms with Gasteiger partial charge in [-0.15, -0.1) is 0 Å². The van der Waals surface area contributed by atoms with Crippen molar-refractivity contribution in [1.82, 2.24) is 14.7 Å². The summed E-state index contributed by atoms with van der Waals surface area (Å²) >= 11 is 0. The number of hydrogen-bond acceptors (Lipinski definition) is 7. The van der Waals surface area contributed by atoms with Gasteiger partial charge in [0.2, 0.25) is 10.0 Å². The standard InChI is InChI=1S/C17H21N5O5S/c1-21-13-14(18-16(24)19-15(13)23)22(9-10-3-4-10)17(21)20-28(25,26)12-7-5-11(27-2)6-8-12/h5-8,10,17,20H,3-4,9H2,1-2H3,(H2,18,19,23,24). The highest BCUT2D eigenvalue weighted by Gasteiger charge is 2.41. The highest BCUT2D eigenvalue weighted by atomic mass is 32.2. The Morgan fingerprint density at radius 1 is 1.18 bits per heavy atom. The smallest absolute Gasteiger partial charge is 0.327 e. The maximum atomic E-state index is 12.9. The van der Waals surface area contributed by atoms with Crippen LogP contribution in [0.5, 0.6) is 5.75 Å². The van der Waals surface area contributed by atoms with Gasteiger partial charge in [0, 0.05) is 13.6 Å². The third-order valence-corrected chi connectivity index (χ3v) is 6.40. The average Bonchev–Trinajstić information content (AvgIpc) is 3.43. The van der Waals surface area contributed by atoms with Gasteiger partial charge in [0.25, 0.3) is 5.56 Å². The Labute approximate surface area is 161 Å². The van der Waals surface area contributed by atoms with Gasteiger partial charge in [-0.1, -0.05) is 0 Å². The second kappa shape index (κ2) is 6.67. The summed E-state index contributed by atoms with van der Waals surface area (Å²) in [6.07, 6.45) is 1.23.